The van der Waals surface area contributed by atoms with Crippen molar-refractivity contribution >= 4 is 27.6 Å². The van der Waals surface area contributed by atoms with Gasteiger partial charge in [-0.15, -0.1) is 0 Å². The van der Waals surface area contributed by atoms with Crippen molar-refractivity contribution in [2.24, 2.45) is 12.8 Å². The summed E-state index contributed by atoms with van der Waals surface area (Å²) in [5, 5.41) is 0.566. The van der Waals surface area contributed by atoms with Crippen LogP contribution in [0.5, 0.6) is 5.75 Å². The smallest absolute Gasteiger partial charge is 0.254 e. The molecule has 0 radical (unpaired) electrons. The minimum absolute atomic E-state index is 0.0543. The first kappa shape index (κ1) is 18.1. The Labute approximate surface area is 162 Å². The standard InChI is InChI=1S/C19H14F2N4O2S/c1-25-8-2-3-13(25)11-5-6-12-19(24-11)28-15(23-12)9-27-14-7-4-10(20)16(17(14)21)18(22)26/h2-8H,9H2,1H3,(H2,22,26). The topological polar surface area (TPSA) is 83.0 Å². The van der Waals surface area contributed by atoms with Gasteiger partial charge in [-0.05, 0) is 36.4 Å². The number of rotatable bonds is 5. The summed E-state index contributed by atoms with van der Waals surface area (Å²) >= 11 is 1.31. The molecule has 6 nitrogen and oxygen atoms in total. The lowest BCUT2D eigenvalue weighted by Gasteiger charge is -2.08. The van der Waals surface area contributed by atoms with Crippen LogP contribution < -0.4 is 10.5 Å². The second-order valence-electron chi connectivity index (χ2n) is 6.02. The van der Waals surface area contributed by atoms with Crippen molar-refractivity contribution in [2.45, 2.75) is 6.61 Å². The highest BCUT2D eigenvalue weighted by Gasteiger charge is 2.19. The molecular weight excluding hydrogens is 386 g/mol. The molecule has 9 heteroatoms. The van der Waals surface area contributed by atoms with Crippen molar-refractivity contribution in [3.05, 3.63) is 64.8 Å². The monoisotopic (exact) mass is 400 g/mol. The summed E-state index contributed by atoms with van der Waals surface area (Å²) in [6.07, 6.45) is 1.94. The van der Waals surface area contributed by atoms with Crippen LogP contribution >= 0.6 is 11.3 Å². The Balaban J connectivity index is 1.59. The molecule has 0 fully saturated rings. The molecule has 0 atom stereocenters. The molecule has 0 spiro atoms. The van der Waals surface area contributed by atoms with Crippen molar-refractivity contribution in [1.82, 2.24) is 14.5 Å². The zero-order valence-corrected chi connectivity index (χ0v) is 15.5. The fourth-order valence-electron chi connectivity index (χ4n) is 2.80. The average Bonchev–Trinajstić information content (AvgIpc) is 3.25. The van der Waals surface area contributed by atoms with Crippen molar-refractivity contribution in [2.75, 3.05) is 0 Å². The molecule has 0 aliphatic heterocycles. The predicted octanol–water partition coefficient (Wildman–Crippen LogP) is 3.65. The van der Waals surface area contributed by atoms with Crippen molar-refractivity contribution < 1.29 is 18.3 Å². The SMILES string of the molecule is Cn1cccc1-c1ccc2nc(COc3ccc(F)c(C(N)=O)c3F)sc2n1. The van der Waals surface area contributed by atoms with Crippen LogP contribution in [0.2, 0.25) is 0 Å². The molecule has 1 aromatic carbocycles. The molecule has 0 aliphatic rings. The van der Waals surface area contributed by atoms with Crippen LogP contribution in [0.4, 0.5) is 8.78 Å². The third-order valence-electron chi connectivity index (χ3n) is 4.16. The van der Waals surface area contributed by atoms with Gasteiger partial charge in [0.25, 0.3) is 5.91 Å². The Morgan fingerprint density at radius 3 is 2.75 bits per heavy atom. The molecule has 3 aromatic heterocycles. The molecule has 0 saturated heterocycles. The van der Waals surface area contributed by atoms with Crippen LogP contribution in [0.1, 0.15) is 15.4 Å². The number of hydrogen-bond acceptors (Lipinski definition) is 5. The number of amides is 1. The van der Waals surface area contributed by atoms with Crippen LogP contribution in [-0.4, -0.2) is 20.4 Å². The first-order valence-corrected chi connectivity index (χ1v) is 9.04. The lowest BCUT2D eigenvalue weighted by Crippen LogP contribution is -2.16. The number of halogens is 2. The minimum atomic E-state index is -1.20. The van der Waals surface area contributed by atoms with Gasteiger partial charge < -0.3 is 15.0 Å². The van der Waals surface area contributed by atoms with Gasteiger partial charge in [0.1, 0.15) is 33.3 Å². The number of ether oxygens (including phenoxy) is 1. The molecule has 142 valence electrons. The van der Waals surface area contributed by atoms with Gasteiger partial charge in [-0.3, -0.25) is 4.79 Å². The molecule has 0 aliphatic carbocycles. The van der Waals surface area contributed by atoms with Crippen LogP contribution in [0.25, 0.3) is 21.7 Å². The van der Waals surface area contributed by atoms with E-state index in [2.05, 4.69) is 9.97 Å². The number of pyridine rings is 1. The van der Waals surface area contributed by atoms with Crippen LogP contribution in [0, 0.1) is 11.6 Å². The summed E-state index contributed by atoms with van der Waals surface area (Å²) < 4.78 is 35.1. The van der Waals surface area contributed by atoms with E-state index >= 15 is 0 Å². The van der Waals surface area contributed by atoms with Crippen LogP contribution in [-0.2, 0) is 13.7 Å². The normalized spacial score (nSPS) is 11.1. The van der Waals surface area contributed by atoms with E-state index in [1.165, 1.54) is 11.3 Å². The first-order valence-electron chi connectivity index (χ1n) is 8.23. The fourth-order valence-corrected chi connectivity index (χ4v) is 3.65. The third-order valence-corrected chi connectivity index (χ3v) is 5.10. The number of benzene rings is 1. The Bertz CT molecular complexity index is 1200. The Hall–Kier alpha value is -3.33. The molecule has 0 bridgehead atoms. The number of nitrogens with zero attached hydrogens (tertiary/aromatic N) is 3. The van der Waals surface area contributed by atoms with Crippen molar-refractivity contribution in [1.29, 1.82) is 0 Å². The van der Waals surface area contributed by atoms with Gasteiger partial charge in [-0.1, -0.05) is 11.3 Å². The van der Waals surface area contributed by atoms with Crippen LogP contribution in [0.3, 0.4) is 0 Å². The van der Waals surface area contributed by atoms with E-state index in [0.29, 0.717) is 10.5 Å². The fraction of sp³-hybridized carbons (Fsp3) is 0.105. The summed E-state index contributed by atoms with van der Waals surface area (Å²) in [4.78, 5) is 21.0. The highest BCUT2D eigenvalue weighted by Crippen LogP contribution is 2.27. The van der Waals surface area contributed by atoms with Crippen molar-refractivity contribution in [3.8, 4) is 17.1 Å². The third kappa shape index (κ3) is 3.20. The summed E-state index contributed by atoms with van der Waals surface area (Å²) in [6, 6.07) is 9.67. The number of carbonyl (C=O) groups excluding carboxylic acids is 1. The minimum Gasteiger partial charge on any atom is -0.483 e. The average molecular weight is 400 g/mol. The number of primary amides is 1. The van der Waals surface area contributed by atoms with E-state index in [9.17, 15) is 13.6 Å². The number of aryl methyl sites for hydroxylation is 1. The molecule has 4 rings (SSSR count). The van der Waals surface area contributed by atoms with Gasteiger partial charge in [0, 0.05) is 13.2 Å². The number of carbonyl (C=O) groups is 1. The lowest BCUT2D eigenvalue weighted by atomic mass is 10.2. The Kier molecular flexibility index (Phi) is 4.52. The maximum Gasteiger partial charge on any atom is 0.254 e. The number of nitrogens with two attached hydrogens (primary N) is 1. The summed E-state index contributed by atoms with van der Waals surface area (Å²) in [6.45, 7) is -0.0543. The maximum absolute atomic E-state index is 14.2. The van der Waals surface area contributed by atoms with Gasteiger partial charge in [0.15, 0.2) is 11.6 Å². The maximum atomic E-state index is 14.2. The lowest BCUT2D eigenvalue weighted by molar-refractivity contribution is 0.0991. The molecule has 2 N–H and O–H groups in total. The van der Waals surface area contributed by atoms with Gasteiger partial charge >= 0.3 is 0 Å². The second-order valence-corrected chi connectivity index (χ2v) is 7.08. The Morgan fingerprint density at radius 2 is 2.04 bits per heavy atom. The van der Waals surface area contributed by atoms with Gasteiger partial charge in [0.05, 0.1) is 11.4 Å². The Morgan fingerprint density at radius 1 is 1.21 bits per heavy atom. The summed E-state index contributed by atoms with van der Waals surface area (Å²) in [5.74, 6) is -3.63. The molecule has 28 heavy (non-hydrogen) atoms. The number of fused-ring (bicyclic) bond motifs is 1. The highest BCUT2D eigenvalue weighted by molar-refractivity contribution is 7.18. The zero-order valence-electron chi connectivity index (χ0n) is 14.6. The summed E-state index contributed by atoms with van der Waals surface area (Å²) in [7, 11) is 1.94. The molecule has 1 amide bonds. The second kappa shape index (κ2) is 7.01. The predicted molar refractivity (Wildman–Crippen MR) is 101 cm³/mol. The number of aromatic nitrogens is 3. The summed E-state index contributed by atoms with van der Waals surface area (Å²) in [5.41, 5.74) is 6.67. The molecular formula is C19H14F2N4O2S. The zero-order chi connectivity index (χ0) is 19.8. The van der Waals surface area contributed by atoms with E-state index in [1.807, 2.05) is 42.1 Å². The quantitative estimate of drug-likeness (QED) is 0.554. The highest BCUT2D eigenvalue weighted by atomic mass is 32.1. The number of thiazole rings is 1. The molecule has 4 aromatic rings. The van der Waals surface area contributed by atoms with Crippen LogP contribution in [0.15, 0.2) is 42.6 Å². The van der Waals surface area contributed by atoms with Gasteiger partial charge in [-0.25, -0.2) is 18.7 Å². The number of hydrogen-bond donors (Lipinski definition) is 1. The van der Waals surface area contributed by atoms with Crippen molar-refractivity contribution in [3.63, 3.8) is 0 Å². The van der Waals surface area contributed by atoms with E-state index in [0.717, 1.165) is 28.4 Å². The van der Waals surface area contributed by atoms with Gasteiger partial charge in [0.2, 0.25) is 0 Å². The molecule has 0 saturated carbocycles. The van der Waals surface area contributed by atoms with E-state index < -0.39 is 23.1 Å². The van der Waals surface area contributed by atoms with Gasteiger partial charge in [-0.2, -0.15) is 0 Å². The first-order chi connectivity index (χ1) is 13.4. The largest absolute Gasteiger partial charge is 0.483 e. The van der Waals surface area contributed by atoms with E-state index in [1.54, 1.807) is 0 Å². The molecule has 0 unspecified atom stereocenters. The van der Waals surface area contributed by atoms with E-state index in [-0.39, 0.29) is 12.4 Å². The van der Waals surface area contributed by atoms with E-state index in [4.69, 9.17) is 10.5 Å². The molecule has 3 heterocycles.